The van der Waals surface area contributed by atoms with Crippen molar-refractivity contribution in [2.75, 3.05) is 6.61 Å². The van der Waals surface area contributed by atoms with Crippen LogP contribution in [0.4, 0.5) is 0 Å². The van der Waals surface area contributed by atoms with Crippen LogP contribution in [-0.2, 0) is 0 Å². The number of rotatable bonds is 4. The van der Waals surface area contributed by atoms with Gasteiger partial charge in [0.05, 0.1) is 10.6 Å². The van der Waals surface area contributed by atoms with Crippen molar-refractivity contribution in [2.24, 2.45) is 0 Å². The molecular weight excluding hydrogens is 223 g/mol. The summed E-state index contributed by atoms with van der Waals surface area (Å²) in [7, 11) is 0. The zero-order valence-corrected chi connectivity index (χ0v) is 8.81. The maximum absolute atomic E-state index is 10.8. The molecule has 1 rings (SSSR count). The molecule has 0 bridgehead atoms. The van der Waals surface area contributed by atoms with Crippen molar-refractivity contribution in [1.29, 1.82) is 0 Å². The van der Waals surface area contributed by atoms with Gasteiger partial charge in [0.2, 0.25) is 0 Å². The Morgan fingerprint density at radius 3 is 2.79 bits per heavy atom. The molecule has 0 fully saturated rings. The van der Waals surface area contributed by atoms with E-state index in [1.807, 2.05) is 0 Å². The molecule has 0 atom stereocenters. The van der Waals surface area contributed by atoms with E-state index in [0.717, 1.165) is 0 Å². The molecule has 0 aromatic heterocycles. The van der Waals surface area contributed by atoms with Gasteiger partial charge in [-0.1, -0.05) is 24.3 Å². The Kier molecular flexibility index (Phi) is 3.98. The van der Waals surface area contributed by atoms with Crippen LogP contribution >= 0.6 is 23.2 Å². The molecule has 1 aromatic carbocycles. The van der Waals surface area contributed by atoms with Crippen LogP contribution in [-0.4, -0.2) is 11.8 Å². The molecule has 14 heavy (non-hydrogen) atoms. The van der Waals surface area contributed by atoms with Crippen molar-refractivity contribution >= 4 is 28.4 Å². The molecule has 74 valence electrons. The van der Waals surface area contributed by atoms with Crippen LogP contribution in [0, 0.1) is 0 Å². The summed E-state index contributed by atoms with van der Waals surface area (Å²) >= 11 is 11.1. The number of halogens is 2. The average molecular weight is 231 g/mol. The smallest absolute Gasteiger partial charge is 0.253 e. The predicted octanol–water partition coefficient (Wildman–Crippen LogP) is 3.28. The van der Waals surface area contributed by atoms with Crippen LogP contribution in [0.15, 0.2) is 30.9 Å². The molecule has 0 amide bonds. The van der Waals surface area contributed by atoms with Gasteiger partial charge >= 0.3 is 0 Å². The van der Waals surface area contributed by atoms with Crippen molar-refractivity contribution in [3.05, 3.63) is 41.4 Å². The summed E-state index contributed by atoms with van der Waals surface area (Å²) in [6, 6.07) is 4.70. The minimum absolute atomic E-state index is 0.277. The number of carbonyl (C=O) groups is 1. The second-order valence-electron chi connectivity index (χ2n) is 2.52. The number of hydrogen-bond acceptors (Lipinski definition) is 2. The molecule has 0 heterocycles. The molecule has 0 saturated heterocycles. The Bertz CT molecular complexity index is 361. The topological polar surface area (TPSA) is 26.3 Å². The summed E-state index contributed by atoms with van der Waals surface area (Å²) in [6.07, 6.45) is 1.62. The zero-order valence-electron chi connectivity index (χ0n) is 7.30. The maximum Gasteiger partial charge on any atom is 0.253 e. The molecule has 0 aliphatic carbocycles. The summed E-state index contributed by atoms with van der Waals surface area (Å²) in [4.78, 5) is 10.8. The number of hydrogen-bond donors (Lipinski definition) is 0. The van der Waals surface area contributed by atoms with Crippen molar-refractivity contribution in [3.8, 4) is 5.75 Å². The van der Waals surface area contributed by atoms with Gasteiger partial charge in [-0.3, -0.25) is 4.79 Å². The van der Waals surface area contributed by atoms with Gasteiger partial charge in [0.1, 0.15) is 12.4 Å². The first kappa shape index (κ1) is 11.1. The van der Waals surface area contributed by atoms with E-state index >= 15 is 0 Å². The summed E-state index contributed by atoms with van der Waals surface area (Å²) in [5.41, 5.74) is 0.277. The molecule has 2 nitrogen and oxygen atoms in total. The van der Waals surface area contributed by atoms with Crippen LogP contribution in [0.5, 0.6) is 5.75 Å². The summed E-state index contributed by atoms with van der Waals surface area (Å²) in [5, 5.41) is -0.295. The highest BCUT2D eigenvalue weighted by atomic mass is 35.5. The minimum atomic E-state index is -0.578. The van der Waals surface area contributed by atoms with Gasteiger partial charge in [-0.05, 0) is 29.8 Å². The fourth-order valence-corrected chi connectivity index (χ4v) is 1.37. The monoisotopic (exact) mass is 230 g/mol. The van der Waals surface area contributed by atoms with E-state index in [2.05, 4.69) is 6.58 Å². The van der Waals surface area contributed by atoms with Crippen molar-refractivity contribution in [2.45, 2.75) is 0 Å². The SMILES string of the molecule is C=CCOc1ccc(C(=O)Cl)c(Cl)c1. The second-order valence-corrected chi connectivity index (χ2v) is 3.27. The number of benzene rings is 1. The molecule has 4 heteroatoms. The largest absolute Gasteiger partial charge is 0.490 e. The summed E-state index contributed by atoms with van der Waals surface area (Å²) in [6.45, 7) is 3.90. The van der Waals surface area contributed by atoms with Crippen LogP contribution in [0.1, 0.15) is 10.4 Å². The van der Waals surface area contributed by atoms with E-state index in [9.17, 15) is 4.79 Å². The maximum atomic E-state index is 10.8. The van der Waals surface area contributed by atoms with Crippen molar-refractivity contribution < 1.29 is 9.53 Å². The van der Waals surface area contributed by atoms with Crippen LogP contribution in [0.25, 0.3) is 0 Å². The lowest BCUT2D eigenvalue weighted by molar-refractivity contribution is 0.108. The Labute approximate surface area is 92.1 Å². The third-order valence-electron chi connectivity index (χ3n) is 1.52. The molecule has 0 radical (unpaired) electrons. The zero-order chi connectivity index (χ0) is 10.6. The van der Waals surface area contributed by atoms with Gasteiger partial charge in [0.15, 0.2) is 0 Å². The van der Waals surface area contributed by atoms with Gasteiger partial charge in [0.25, 0.3) is 5.24 Å². The lowest BCUT2D eigenvalue weighted by atomic mass is 10.2. The highest BCUT2D eigenvalue weighted by molar-refractivity contribution is 6.68. The molecule has 0 spiro atoms. The second kappa shape index (κ2) is 5.03. The van der Waals surface area contributed by atoms with Gasteiger partial charge in [0, 0.05) is 0 Å². The molecular formula is C10H8Cl2O2. The number of ether oxygens (including phenoxy) is 1. The molecule has 0 unspecified atom stereocenters. The Hall–Kier alpha value is -0.990. The van der Waals surface area contributed by atoms with E-state index in [4.69, 9.17) is 27.9 Å². The first-order chi connectivity index (χ1) is 6.65. The highest BCUT2D eigenvalue weighted by Crippen LogP contribution is 2.23. The van der Waals surface area contributed by atoms with Crippen LogP contribution in [0.2, 0.25) is 5.02 Å². The van der Waals surface area contributed by atoms with Crippen molar-refractivity contribution in [1.82, 2.24) is 0 Å². The van der Waals surface area contributed by atoms with Crippen LogP contribution < -0.4 is 4.74 Å². The molecule has 0 N–H and O–H groups in total. The van der Waals surface area contributed by atoms with Gasteiger partial charge in [-0.15, -0.1) is 0 Å². The molecule has 0 aliphatic heterocycles. The van der Waals surface area contributed by atoms with E-state index in [1.165, 1.54) is 6.07 Å². The van der Waals surface area contributed by atoms with E-state index in [1.54, 1.807) is 18.2 Å². The third kappa shape index (κ3) is 2.76. The fourth-order valence-electron chi connectivity index (χ4n) is 0.900. The average Bonchev–Trinajstić information content (AvgIpc) is 2.14. The van der Waals surface area contributed by atoms with E-state index in [-0.39, 0.29) is 10.6 Å². The minimum Gasteiger partial charge on any atom is -0.490 e. The quantitative estimate of drug-likeness (QED) is 0.587. The van der Waals surface area contributed by atoms with Crippen LogP contribution in [0.3, 0.4) is 0 Å². The van der Waals surface area contributed by atoms with Crippen molar-refractivity contribution in [3.63, 3.8) is 0 Å². The Morgan fingerprint density at radius 2 is 2.29 bits per heavy atom. The normalized spacial score (nSPS) is 9.57. The lowest BCUT2D eigenvalue weighted by Crippen LogP contribution is -1.95. The predicted molar refractivity (Wildman–Crippen MR) is 57.3 cm³/mol. The standard InChI is InChI=1S/C10H8Cl2O2/c1-2-5-14-7-3-4-8(10(12)13)9(11)6-7/h2-4,6H,1,5H2. The Balaban J connectivity index is 2.88. The summed E-state index contributed by atoms with van der Waals surface area (Å²) in [5.74, 6) is 0.580. The van der Waals surface area contributed by atoms with Gasteiger partial charge < -0.3 is 4.74 Å². The number of carbonyl (C=O) groups excluding carboxylic acids is 1. The van der Waals surface area contributed by atoms with Gasteiger partial charge in [-0.2, -0.15) is 0 Å². The Morgan fingerprint density at radius 1 is 1.57 bits per heavy atom. The van der Waals surface area contributed by atoms with E-state index in [0.29, 0.717) is 12.4 Å². The molecule has 0 aliphatic rings. The highest BCUT2D eigenvalue weighted by Gasteiger charge is 2.07. The van der Waals surface area contributed by atoms with E-state index < -0.39 is 5.24 Å². The molecule has 1 aromatic rings. The van der Waals surface area contributed by atoms with Gasteiger partial charge in [-0.25, -0.2) is 0 Å². The summed E-state index contributed by atoms with van der Waals surface area (Å²) < 4.78 is 5.21. The fraction of sp³-hybridized carbons (Fsp3) is 0.100. The first-order valence-electron chi connectivity index (χ1n) is 3.88. The lowest BCUT2D eigenvalue weighted by Gasteiger charge is -2.04. The first-order valence-corrected chi connectivity index (χ1v) is 4.64. The molecule has 0 saturated carbocycles. The third-order valence-corrected chi connectivity index (χ3v) is 2.04.